The summed E-state index contributed by atoms with van der Waals surface area (Å²) >= 11 is 0. The molecule has 2 aliphatic heterocycles. The lowest BCUT2D eigenvalue weighted by atomic mass is 9.85. The van der Waals surface area contributed by atoms with Crippen LogP contribution in [-0.2, 0) is 0 Å². The zero-order chi connectivity index (χ0) is 10.6. The lowest BCUT2D eigenvalue weighted by Gasteiger charge is -2.25. The van der Waals surface area contributed by atoms with Gasteiger partial charge in [0.1, 0.15) is 0 Å². The van der Waals surface area contributed by atoms with E-state index < -0.39 is 0 Å². The number of hydrogen-bond donors (Lipinski definition) is 3. The molecule has 15 heavy (non-hydrogen) atoms. The second kappa shape index (κ2) is 2.86. The fourth-order valence-electron chi connectivity index (χ4n) is 3.52. The van der Waals surface area contributed by atoms with E-state index in [0.29, 0.717) is 18.4 Å². The van der Waals surface area contributed by atoms with Gasteiger partial charge in [-0.15, -0.1) is 0 Å². The fraction of sp³-hybridized carbons (Fsp3) is 0.900. The highest BCUT2D eigenvalue weighted by Crippen LogP contribution is 2.63. The lowest BCUT2D eigenvalue weighted by molar-refractivity contribution is 0.0984. The number of aliphatic hydroxyl groups is 1. The van der Waals surface area contributed by atoms with Crippen molar-refractivity contribution in [3.05, 3.63) is 0 Å². The number of β-amino-alcohol motifs (C(OH)–C–C–N with tert-alkyl or cyclic N) is 1. The van der Waals surface area contributed by atoms with Gasteiger partial charge in [-0.1, -0.05) is 0 Å². The molecule has 0 aromatic carbocycles. The van der Waals surface area contributed by atoms with Crippen molar-refractivity contribution in [1.29, 1.82) is 0 Å². The molecular weight excluding hydrogens is 194 g/mol. The molecule has 3 rings (SSSR count). The summed E-state index contributed by atoms with van der Waals surface area (Å²) in [5, 5.41) is 13.1. The first-order valence-corrected chi connectivity index (χ1v) is 5.56. The van der Waals surface area contributed by atoms with Crippen molar-refractivity contribution in [2.45, 2.75) is 12.5 Å². The maximum absolute atomic E-state index is 11.1. The minimum Gasteiger partial charge on any atom is -0.391 e. The number of nitrogens with two attached hydrogens (primary N) is 1. The summed E-state index contributed by atoms with van der Waals surface area (Å²) in [7, 11) is 0. The second-order valence-electron chi connectivity index (χ2n) is 5.19. The smallest absolute Gasteiger partial charge is 0.314 e. The summed E-state index contributed by atoms with van der Waals surface area (Å²) in [5.74, 6) is 0.886. The van der Waals surface area contributed by atoms with Crippen LogP contribution in [0.1, 0.15) is 6.42 Å². The number of fused-ring (bicyclic) bond motifs is 1. The van der Waals surface area contributed by atoms with Gasteiger partial charge in [0, 0.05) is 32.1 Å². The first kappa shape index (κ1) is 9.42. The van der Waals surface area contributed by atoms with Crippen LogP contribution in [0.3, 0.4) is 0 Å². The molecule has 2 heterocycles. The topological polar surface area (TPSA) is 78.6 Å². The minimum atomic E-state index is -0.318. The predicted octanol–water partition coefficient (Wildman–Crippen LogP) is -1.03. The fourth-order valence-corrected chi connectivity index (χ4v) is 3.52. The molecule has 84 valence electrons. The van der Waals surface area contributed by atoms with Crippen molar-refractivity contribution in [3.8, 4) is 0 Å². The Morgan fingerprint density at radius 2 is 2.33 bits per heavy atom. The third-order valence-corrected chi connectivity index (χ3v) is 4.44. The summed E-state index contributed by atoms with van der Waals surface area (Å²) in [4.78, 5) is 12.8. The number of nitrogens with one attached hydrogen (secondary N) is 1. The van der Waals surface area contributed by atoms with Gasteiger partial charge in [0.25, 0.3) is 0 Å². The van der Waals surface area contributed by atoms with Crippen molar-refractivity contribution in [2.75, 3.05) is 26.2 Å². The van der Waals surface area contributed by atoms with E-state index in [1.54, 1.807) is 4.90 Å². The van der Waals surface area contributed by atoms with Crippen LogP contribution in [0.2, 0.25) is 0 Å². The van der Waals surface area contributed by atoms with Crippen LogP contribution in [0.25, 0.3) is 0 Å². The van der Waals surface area contributed by atoms with E-state index in [4.69, 9.17) is 5.73 Å². The first-order valence-electron chi connectivity index (χ1n) is 5.56. The number of likely N-dealkylation sites (tertiary alicyclic amines) is 1. The molecule has 3 fully saturated rings. The Labute approximate surface area is 88.6 Å². The third kappa shape index (κ3) is 1.19. The van der Waals surface area contributed by atoms with Gasteiger partial charge >= 0.3 is 6.03 Å². The Morgan fingerprint density at radius 3 is 2.87 bits per heavy atom. The number of urea groups is 1. The van der Waals surface area contributed by atoms with E-state index in [1.807, 2.05) is 0 Å². The van der Waals surface area contributed by atoms with Crippen LogP contribution >= 0.6 is 0 Å². The highest BCUT2D eigenvalue weighted by Gasteiger charge is 2.65. The van der Waals surface area contributed by atoms with Crippen molar-refractivity contribution in [1.82, 2.24) is 10.2 Å². The monoisotopic (exact) mass is 211 g/mol. The van der Waals surface area contributed by atoms with Crippen LogP contribution in [0.4, 0.5) is 4.79 Å². The van der Waals surface area contributed by atoms with E-state index >= 15 is 0 Å². The molecule has 0 bridgehead atoms. The standard InChI is InChI=1S/C10H17N3O2/c11-9(15)13-4-6-1-10(6,5-13)7-2-12-3-8(7)14/h6-8,12,14H,1-5H2,(H2,11,15)/t6?,7-,8+,10?/m0/s1. The zero-order valence-corrected chi connectivity index (χ0v) is 8.65. The minimum absolute atomic E-state index is 0.179. The number of carbonyl (C=O) groups excluding carboxylic acids is 1. The predicted molar refractivity (Wildman–Crippen MR) is 54.1 cm³/mol. The number of hydrogen-bond acceptors (Lipinski definition) is 3. The van der Waals surface area contributed by atoms with Crippen LogP contribution < -0.4 is 11.1 Å². The van der Waals surface area contributed by atoms with Crippen LogP contribution in [-0.4, -0.2) is 48.3 Å². The van der Waals surface area contributed by atoms with Gasteiger partial charge < -0.3 is 21.1 Å². The highest BCUT2D eigenvalue weighted by atomic mass is 16.3. The zero-order valence-electron chi connectivity index (χ0n) is 8.65. The number of rotatable bonds is 1. The maximum atomic E-state index is 11.1. The molecule has 3 aliphatic rings. The number of amides is 2. The number of primary amides is 1. The van der Waals surface area contributed by atoms with E-state index in [0.717, 1.165) is 26.1 Å². The lowest BCUT2D eigenvalue weighted by Crippen LogP contribution is -2.39. The molecule has 1 saturated carbocycles. The summed E-state index contributed by atoms with van der Waals surface area (Å²) in [5.41, 5.74) is 5.46. The van der Waals surface area contributed by atoms with Gasteiger partial charge in [-0.3, -0.25) is 0 Å². The van der Waals surface area contributed by atoms with E-state index in [9.17, 15) is 9.90 Å². The average molecular weight is 211 g/mol. The summed E-state index contributed by atoms with van der Waals surface area (Å²) < 4.78 is 0. The van der Waals surface area contributed by atoms with Gasteiger partial charge in [0.15, 0.2) is 0 Å². The van der Waals surface area contributed by atoms with Gasteiger partial charge in [0.2, 0.25) is 0 Å². The van der Waals surface area contributed by atoms with Crippen LogP contribution in [0.15, 0.2) is 0 Å². The normalized spacial score (nSPS) is 48.1. The largest absolute Gasteiger partial charge is 0.391 e. The second-order valence-corrected chi connectivity index (χ2v) is 5.19. The maximum Gasteiger partial charge on any atom is 0.314 e. The Balaban J connectivity index is 1.75. The molecular formula is C10H17N3O2. The van der Waals surface area contributed by atoms with Crippen LogP contribution in [0.5, 0.6) is 0 Å². The van der Waals surface area contributed by atoms with Crippen molar-refractivity contribution >= 4 is 6.03 Å². The molecule has 2 saturated heterocycles. The van der Waals surface area contributed by atoms with Gasteiger partial charge in [-0.2, -0.15) is 0 Å². The van der Waals surface area contributed by atoms with E-state index in [1.165, 1.54) is 0 Å². The molecule has 0 radical (unpaired) electrons. The average Bonchev–Trinajstić information content (AvgIpc) is 2.61. The SMILES string of the molecule is NC(=O)N1CC2CC2([C@H]2CNC[C@H]2O)C1. The van der Waals surface area contributed by atoms with E-state index in [2.05, 4.69) is 5.32 Å². The Hall–Kier alpha value is -0.810. The molecule has 4 atom stereocenters. The molecule has 2 amide bonds. The summed E-state index contributed by atoms with van der Waals surface area (Å²) in [6.45, 7) is 3.11. The van der Waals surface area contributed by atoms with Crippen LogP contribution in [0, 0.1) is 17.3 Å². The van der Waals surface area contributed by atoms with Crippen molar-refractivity contribution in [3.63, 3.8) is 0 Å². The highest BCUT2D eigenvalue weighted by molar-refractivity contribution is 5.72. The quantitative estimate of drug-likeness (QED) is 0.519. The van der Waals surface area contributed by atoms with Gasteiger partial charge in [0.05, 0.1) is 6.10 Å². The summed E-state index contributed by atoms with van der Waals surface area (Å²) in [6, 6.07) is -0.318. The number of nitrogens with zero attached hydrogens (tertiary/aromatic N) is 1. The number of piperidine rings is 1. The molecule has 0 aromatic heterocycles. The molecule has 1 aliphatic carbocycles. The molecule has 5 heteroatoms. The number of aliphatic hydroxyl groups excluding tert-OH is 1. The molecule has 0 aromatic rings. The Bertz CT molecular complexity index is 309. The molecule has 4 N–H and O–H groups in total. The Morgan fingerprint density at radius 1 is 1.53 bits per heavy atom. The third-order valence-electron chi connectivity index (χ3n) is 4.44. The summed E-state index contributed by atoms with van der Waals surface area (Å²) in [6.07, 6.45) is 0.906. The van der Waals surface area contributed by atoms with Gasteiger partial charge in [-0.05, 0) is 17.8 Å². The van der Waals surface area contributed by atoms with E-state index in [-0.39, 0.29) is 17.6 Å². The van der Waals surface area contributed by atoms with Gasteiger partial charge in [-0.25, -0.2) is 4.79 Å². The van der Waals surface area contributed by atoms with Crippen molar-refractivity contribution in [2.24, 2.45) is 23.0 Å². The molecule has 0 spiro atoms. The molecule has 2 unspecified atom stereocenters. The number of carbonyl (C=O) groups is 1. The molecule has 5 nitrogen and oxygen atoms in total. The first-order chi connectivity index (χ1) is 7.13. The van der Waals surface area contributed by atoms with Crippen molar-refractivity contribution < 1.29 is 9.90 Å². The Kier molecular flexibility index (Phi) is 1.79.